The summed E-state index contributed by atoms with van der Waals surface area (Å²) in [5.41, 5.74) is 2.21. The number of nitrogens with zero attached hydrogens (tertiary/aromatic N) is 1. The van der Waals surface area contributed by atoms with Gasteiger partial charge in [-0.25, -0.2) is 13.6 Å². The maximum atomic E-state index is 15.0. The van der Waals surface area contributed by atoms with Crippen LogP contribution in [0.3, 0.4) is 0 Å². The summed E-state index contributed by atoms with van der Waals surface area (Å²) in [4.78, 5) is 14.8. The third kappa shape index (κ3) is 4.08. The Morgan fingerprint density at radius 3 is 2.41 bits per heavy atom. The molecule has 1 aliphatic rings. The van der Waals surface area contributed by atoms with E-state index in [1.165, 1.54) is 48.4 Å². The van der Waals surface area contributed by atoms with Crippen LogP contribution in [0.15, 0.2) is 54.6 Å². The highest BCUT2D eigenvalue weighted by Gasteiger charge is 2.36. The first kappa shape index (κ1) is 21.9. The maximum absolute atomic E-state index is 15.0. The number of amides is 2. The lowest BCUT2D eigenvalue weighted by Crippen LogP contribution is -2.43. The largest absolute Gasteiger partial charge is 0.493 e. The lowest BCUT2D eigenvalue weighted by atomic mass is 9.87. The number of urea groups is 1. The van der Waals surface area contributed by atoms with Crippen LogP contribution in [-0.2, 0) is 6.42 Å². The molecular weight excluding hydrogens is 438 g/mol. The van der Waals surface area contributed by atoms with E-state index in [-0.39, 0.29) is 10.6 Å². The third-order valence-electron chi connectivity index (χ3n) is 5.50. The molecule has 0 bridgehead atoms. The first-order valence-corrected chi connectivity index (χ1v) is 10.3. The molecule has 1 N–H and O–H groups in total. The highest BCUT2D eigenvalue weighted by molar-refractivity contribution is 6.31. The molecule has 0 saturated carbocycles. The fraction of sp³-hybridized carbons (Fsp3) is 0.208. The van der Waals surface area contributed by atoms with Gasteiger partial charge in [-0.3, -0.25) is 0 Å². The molecule has 0 saturated heterocycles. The van der Waals surface area contributed by atoms with E-state index in [4.69, 9.17) is 21.1 Å². The average molecular weight is 459 g/mol. The van der Waals surface area contributed by atoms with Crippen LogP contribution in [0.5, 0.6) is 11.5 Å². The van der Waals surface area contributed by atoms with Gasteiger partial charge >= 0.3 is 6.03 Å². The molecule has 0 radical (unpaired) electrons. The number of rotatable bonds is 4. The minimum atomic E-state index is -0.798. The zero-order valence-electron chi connectivity index (χ0n) is 17.5. The van der Waals surface area contributed by atoms with Crippen LogP contribution in [-0.4, -0.2) is 31.7 Å². The second-order valence-electron chi connectivity index (χ2n) is 7.32. The van der Waals surface area contributed by atoms with E-state index < -0.39 is 23.7 Å². The normalized spacial score (nSPS) is 15.2. The van der Waals surface area contributed by atoms with Crippen molar-refractivity contribution in [1.29, 1.82) is 0 Å². The summed E-state index contributed by atoms with van der Waals surface area (Å²) >= 11 is 6.41. The van der Waals surface area contributed by atoms with Gasteiger partial charge < -0.3 is 19.7 Å². The molecule has 166 valence electrons. The van der Waals surface area contributed by atoms with Crippen molar-refractivity contribution in [3.8, 4) is 11.5 Å². The zero-order chi connectivity index (χ0) is 22.8. The van der Waals surface area contributed by atoms with Gasteiger partial charge in [0.05, 0.1) is 20.3 Å². The predicted octanol–water partition coefficient (Wildman–Crippen LogP) is 5.82. The lowest BCUT2D eigenvalue weighted by molar-refractivity contribution is 0.192. The Hall–Kier alpha value is -3.32. The van der Waals surface area contributed by atoms with Crippen molar-refractivity contribution in [2.45, 2.75) is 12.5 Å². The molecule has 0 aliphatic carbocycles. The Morgan fingerprint density at radius 1 is 1.06 bits per heavy atom. The molecule has 5 nitrogen and oxygen atoms in total. The summed E-state index contributed by atoms with van der Waals surface area (Å²) in [6.45, 7) is 0.310. The number of benzene rings is 3. The Morgan fingerprint density at radius 2 is 1.75 bits per heavy atom. The van der Waals surface area contributed by atoms with Crippen molar-refractivity contribution < 1.29 is 23.0 Å². The van der Waals surface area contributed by atoms with Gasteiger partial charge in [-0.05, 0) is 66.1 Å². The molecule has 3 aromatic carbocycles. The van der Waals surface area contributed by atoms with Gasteiger partial charge in [0.25, 0.3) is 0 Å². The number of nitrogens with one attached hydrogen (secondary N) is 1. The quantitative estimate of drug-likeness (QED) is 0.536. The highest BCUT2D eigenvalue weighted by Crippen LogP contribution is 2.43. The summed E-state index contributed by atoms with van der Waals surface area (Å²) in [6, 6.07) is 12.2. The molecule has 0 unspecified atom stereocenters. The minimum absolute atomic E-state index is 0.191. The predicted molar refractivity (Wildman–Crippen MR) is 119 cm³/mol. The number of carbonyl (C=O) groups excluding carboxylic acids is 1. The standard InChI is InChI=1S/C24H21ClF2N2O3/c1-31-20-12-14-10-11-29(24(30)28-16-8-6-15(26)7-9-16)23(17(14)13-21(20)32-2)22-18(25)4-3-5-19(22)27/h3-9,12-13,23H,10-11H2,1-2H3,(H,28,30)/t23-/m0/s1. The number of hydrogen-bond acceptors (Lipinski definition) is 3. The zero-order valence-corrected chi connectivity index (χ0v) is 18.2. The summed E-state index contributed by atoms with van der Waals surface area (Å²) in [7, 11) is 3.05. The average Bonchev–Trinajstić information content (AvgIpc) is 2.79. The van der Waals surface area contributed by atoms with Crippen LogP contribution in [0.2, 0.25) is 5.02 Å². The van der Waals surface area contributed by atoms with Crippen molar-refractivity contribution >= 4 is 23.3 Å². The monoisotopic (exact) mass is 458 g/mol. The molecule has 0 aromatic heterocycles. The van der Waals surface area contributed by atoms with Crippen LogP contribution < -0.4 is 14.8 Å². The van der Waals surface area contributed by atoms with Crippen molar-refractivity contribution in [3.05, 3.63) is 87.9 Å². The summed E-state index contributed by atoms with van der Waals surface area (Å²) in [5.74, 6) is 0.0787. The van der Waals surface area contributed by atoms with Crippen LogP contribution in [0.25, 0.3) is 0 Å². The first-order chi connectivity index (χ1) is 15.4. The lowest BCUT2D eigenvalue weighted by Gasteiger charge is -2.38. The van der Waals surface area contributed by atoms with E-state index in [0.29, 0.717) is 35.7 Å². The molecule has 1 heterocycles. The minimum Gasteiger partial charge on any atom is -0.493 e. The smallest absolute Gasteiger partial charge is 0.322 e. The van der Waals surface area contributed by atoms with Gasteiger partial charge in [0.1, 0.15) is 11.6 Å². The number of ether oxygens (including phenoxy) is 2. The molecule has 0 fully saturated rings. The molecule has 8 heteroatoms. The number of carbonyl (C=O) groups is 1. The molecule has 3 aromatic rings. The van der Waals surface area contributed by atoms with E-state index in [1.54, 1.807) is 19.2 Å². The fourth-order valence-electron chi connectivity index (χ4n) is 3.98. The molecular formula is C24H21ClF2N2O3. The Bertz CT molecular complexity index is 1130. The van der Waals surface area contributed by atoms with Crippen LogP contribution in [0, 0.1) is 11.6 Å². The van der Waals surface area contributed by atoms with Gasteiger partial charge in [-0.1, -0.05) is 17.7 Å². The fourth-order valence-corrected chi connectivity index (χ4v) is 4.24. The van der Waals surface area contributed by atoms with E-state index in [9.17, 15) is 9.18 Å². The second kappa shape index (κ2) is 9.04. The van der Waals surface area contributed by atoms with Crippen LogP contribution >= 0.6 is 11.6 Å². The Balaban J connectivity index is 1.82. The van der Waals surface area contributed by atoms with Crippen LogP contribution in [0.1, 0.15) is 22.7 Å². The van der Waals surface area contributed by atoms with E-state index >= 15 is 4.39 Å². The number of halogens is 3. The molecule has 1 atom stereocenters. The van der Waals surface area contributed by atoms with Crippen molar-refractivity contribution in [2.24, 2.45) is 0 Å². The SMILES string of the molecule is COc1cc2c(cc1OC)[C@@H](c1c(F)cccc1Cl)N(C(=O)Nc1ccc(F)cc1)CC2. The van der Waals surface area contributed by atoms with E-state index in [1.807, 2.05) is 6.07 Å². The Labute approximate surface area is 189 Å². The van der Waals surface area contributed by atoms with Crippen molar-refractivity contribution in [3.63, 3.8) is 0 Å². The van der Waals surface area contributed by atoms with Crippen molar-refractivity contribution in [2.75, 3.05) is 26.1 Å². The second-order valence-corrected chi connectivity index (χ2v) is 7.73. The molecule has 2 amide bonds. The molecule has 0 spiro atoms. The van der Waals surface area contributed by atoms with E-state index in [2.05, 4.69) is 5.32 Å². The summed E-state index contributed by atoms with van der Waals surface area (Å²) in [6.07, 6.45) is 0.523. The maximum Gasteiger partial charge on any atom is 0.322 e. The highest BCUT2D eigenvalue weighted by atomic mass is 35.5. The molecule has 1 aliphatic heterocycles. The van der Waals surface area contributed by atoms with Gasteiger partial charge in [0.15, 0.2) is 11.5 Å². The third-order valence-corrected chi connectivity index (χ3v) is 5.83. The topological polar surface area (TPSA) is 50.8 Å². The number of anilines is 1. The summed E-state index contributed by atoms with van der Waals surface area (Å²) < 4.78 is 39.1. The van der Waals surface area contributed by atoms with E-state index in [0.717, 1.165) is 5.56 Å². The number of fused-ring (bicyclic) bond motifs is 1. The summed E-state index contributed by atoms with van der Waals surface area (Å²) in [5, 5.41) is 2.96. The number of hydrogen-bond donors (Lipinski definition) is 1. The first-order valence-electron chi connectivity index (χ1n) is 9.94. The molecule has 32 heavy (non-hydrogen) atoms. The Kier molecular flexibility index (Phi) is 6.19. The molecule has 4 rings (SSSR count). The van der Waals surface area contributed by atoms with Gasteiger partial charge in [-0.2, -0.15) is 0 Å². The van der Waals surface area contributed by atoms with Gasteiger partial charge in [0.2, 0.25) is 0 Å². The van der Waals surface area contributed by atoms with Gasteiger partial charge in [0, 0.05) is 22.8 Å². The van der Waals surface area contributed by atoms with Crippen molar-refractivity contribution in [1.82, 2.24) is 4.90 Å². The number of methoxy groups -OCH3 is 2. The van der Waals surface area contributed by atoms with Gasteiger partial charge in [-0.15, -0.1) is 0 Å². The van der Waals surface area contributed by atoms with Crippen LogP contribution in [0.4, 0.5) is 19.3 Å².